The van der Waals surface area contributed by atoms with Crippen molar-refractivity contribution >= 4 is 10.0 Å². The van der Waals surface area contributed by atoms with Crippen LogP contribution in [0.4, 0.5) is 0 Å². The summed E-state index contributed by atoms with van der Waals surface area (Å²) in [6.45, 7) is 7.33. The first-order valence-corrected chi connectivity index (χ1v) is 10.2. The Labute approximate surface area is 138 Å². The van der Waals surface area contributed by atoms with Crippen LogP contribution in [0.3, 0.4) is 0 Å². The Morgan fingerprint density at radius 2 is 2.17 bits per heavy atom. The van der Waals surface area contributed by atoms with Gasteiger partial charge >= 0.3 is 0 Å². The largest absolute Gasteiger partial charge is 0.338 e. The SMILES string of the molecule is CCCc1noc([C@H](C)N[C@@H]2CCN(S(C)(=O)=O)C[C@H]2CC)n1. The first-order chi connectivity index (χ1) is 10.8. The van der Waals surface area contributed by atoms with Gasteiger partial charge in [0.2, 0.25) is 15.9 Å². The van der Waals surface area contributed by atoms with Gasteiger partial charge in [-0.1, -0.05) is 25.4 Å². The van der Waals surface area contributed by atoms with Gasteiger partial charge in [-0.05, 0) is 25.7 Å². The molecule has 7 nitrogen and oxygen atoms in total. The zero-order valence-electron chi connectivity index (χ0n) is 14.4. The summed E-state index contributed by atoms with van der Waals surface area (Å²) in [6.07, 6.45) is 4.82. The van der Waals surface area contributed by atoms with Crippen LogP contribution in [0.25, 0.3) is 0 Å². The molecule has 23 heavy (non-hydrogen) atoms. The lowest BCUT2D eigenvalue weighted by molar-refractivity contribution is 0.185. The van der Waals surface area contributed by atoms with Crippen molar-refractivity contribution < 1.29 is 12.9 Å². The summed E-state index contributed by atoms with van der Waals surface area (Å²) in [4.78, 5) is 4.42. The zero-order valence-corrected chi connectivity index (χ0v) is 15.3. The van der Waals surface area contributed by atoms with Gasteiger partial charge < -0.3 is 9.84 Å². The second kappa shape index (κ2) is 7.72. The van der Waals surface area contributed by atoms with Crippen LogP contribution in [0.15, 0.2) is 4.52 Å². The smallest absolute Gasteiger partial charge is 0.243 e. The predicted octanol–water partition coefficient (Wildman–Crippen LogP) is 1.73. The van der Waals surface area contributed by atoms with E-state index in [0.717, 1.165) is 31.5 Å². The van der Waals surface area contributed by atoms with E-state index in [1.165, 1.54) is 6.26 Å². The van der Waals surface area contributed by atoms with Crippen molar-refractivity contribution in [3.63, 3.8) is 0 Å². The van der Waals surface area contributed by atoms with E-state index in [1.807, 2.05) is 6.92 Å². The number of rotatable bonds is 7. The first-order valence-electron chi connectivity index (χ1n) is 8.38. The van der Waals surface area contributed by atoms with Crippen LogP contribution in [0.5, 0.6) is 0 Å². The predicted molar refractivity (Wildman–Crippen MR) is 88.4 cm³/mol. The molecule has 1 aliphatic heterocycles. The third-order valence-electron chi connectivity index (χ3n) is 4.48. The maximum Gasteiger partial charge on any atom is 0.243 e. The van der Waals surface area contributed by atoms with Crippen LogP contribution in [-0.2, 0) is 16.4 Å². The van der Waals surface area contributed by atoms with Crippen molar-refractivity contribution in [2.45, 2.75) is 58.5 Å². The summed E-state index contributed by atoms with van der Waals surface area (Å²) >= 11 is 0. The van der Waals surface area contributed by atoms with Crippen LogP contribution in [0.1, 0.15) is 57.8 Å². The van der Waals surface area contributed by atoms with E-state index >= 15 is 0 Å². The van der Waals surface area contributed by atoms with Gasteiger partial charge in [0.25, 0.3) is 0 Å². The van der Waals surface area contributed by atoms with Crippen LogP contribution in [-0.4, -0.2) is 48.3 Å². The highest BCUT2D eigenvalue weighted by Gasteiger charge is 2.33. The van der Waals surface area contributed by atoms with Crippen LogP contribution in [0, 0.1) is 5.92 Å². The molecule has 1 aliphatic rings. The lowest BCUT2D eigenvalue weighted by Crippen LogP contribution is -2.51. The number of hydrogen-bond acceptors (Lipinski definition) is 6. The molecule has 2 heterocycles. The number of aryl methyl sites for hydroxylation is 1. The normalized spacial score (nSPS) is 24.7. The van der Waals surface area contributed by atoms with E-state index in [9.17, 15) is 8.42 Å². The van der Waals surface area contributed by atoms with Gasteiger partial charge in [0.05, 0.1) is 12.3 Å². The van der Waals surface area contributed by atoms with E-state index in [1.54, 1.807) is 4.31 Å². The molecule has 0 amide bonds. The van der Waals surface area contributed by atoms with Crippen molar-refractivity contribution in [1.29, 1.82) is 0 Å². The molecule has 1 aromatic heterocycles. The van der Waals surface area contributed by atoms with Crippen molar-refractivity contribution in [3.05, 3.63) is 11.7 Å². The Morgan fingerprint density at radius 3 is 2.78 bits per heavy atom. The van der Waals surface area contributed by atoms with E-state index in [0.29, 0.717) is 24.9 Å². The first kappa shape index (κ1) is 18.4. The minimum Gasteiger partial charge on any atom is -0.338 e. The van der Waals surface area contributed by atoms with Gasteiger partial charge in [-0.3, -0.25) is 0 Å². The molecule has 1 aromatic rings. The van der Waals surface area contributed by atoms with Crippen LogP contribution < -0.4 is 5.32 Å². The van der Waals surface area contributed by atoms with E-state index in [4.69, 9.17) is 4.52 Å². The van der Waals surface area contributed by atoms with Gasteiger partial charge in [0, 0.05) is 25.6 Å². The monoisotopic (exact) mass is 344 g/mol. The highest BCUT2D eigenvalue weighted by Crippen LogP contribution is 2.24. The zero-order chi connectivity index (χ0) is 17.0. The number of sulfonamides is 1. The second-order valence-electron chi connectivity index (χ2n) is 6.37. The van der Waals surface area contributed by atoms with Gasteiger partial charge in [-0.25, -0.2) is 12.7 Å². The molecule has 1 fully saturated rings. The molecule has 3 atom stereocenters. The van der Waals surface area contributed by atoms with E-state index in [2.05, 4.69) is 29.3 Å². The molecule has 0 bridgehead atoms. The lowest BCUT2D eigenvalue weighted by Gasteiger charge is -2.38. The minimum absolute atomic E-state index is 0.0306. The van der Waals surface area contributed by atoms with Gasteiger partial charge in [-0.15, -0.1) is 0 Å². The number of aromatic nitrogens is 2. The molecule has 0 spiro atoms. The summed E-state index contributed by atoms with van der Waals surface area (Å²) < 4.78 is 30.4. The van der Waals surface area contributed by atoms with Crippen LogP contribution >= 0.6 is 0 Å². The average Bonchev–Trinajstić information content (AvgIpc) is 2.95. The molecule has 1 saturated heterocycles. The van der Waals surface area contributed by atoms with Crippen molar-refractivity contribution in [2.24, 2.45) is 5.92 Å². The molecule has 8 heteroatoms. The maximum absolute atomic E-state index is 11.7. The highest BCUT2D eigenvalue weighted by atomic mass is 32.2. The fourth-order valence-electron chi connectivity index (χ4n) is 3.09. The summed E-state index contributed by atoms with van der Waals surface area (Å²) in [7, 11) is -3.11. The van der Waals surface area contributed by atoms with Crippen LogP contribution in [0.2, 0.25) is 0 Å². The summed E-state index contributed by atoms with van der Waals surface area (Å²) in [5.74, 6) is 1.64. The Balaban J connectivity index is 1.98. The van der Waals surface area contributed by atoms with Crippen molar-refractivity contribution in [1.82, 2.24) is 19.8 Å². The molecule has 0 aromatic carbocycles. The molecular formula is C15H28N4O3S. The standard InChI is InChI=1S/C15H28N4O3S/c1-5-7-14-17-15(22-18-14)11(3)16-13-8-9-19(23(4,20)21)10-12(13)6-2/h11-13,16H,5-10H2,1-4H3/t11-,12+,13+/m0/s1. The van der Waals surface area contributed by atoms with Gasteiger partial charge in [-0.2, -0.15) is 4.98 Å². The van der Waals surface area contributed by atoms with Gasteiger partial charge in [0.1, 0.15) is 0 Å². The highest BCUT2D eigenvalue weighted by molar-refractivity contribution is 7.88. The van der Waals surface area contributed by atoms with Crippen molar-refractivity contribution in [2.75, 3.05) is 19.3 Å². The Hall–Kier alpha value is -0.990. The van der Waals surface area contributed by atoms with E-state index in [-0.39, 0.29) is 12.1 Å². The second-order valence-corrected chi connectivity index (χ2v) is 8.35. The Bertz CT molecular complexity index is 602. The third kappa shape index (κ3) is 4.74. The number of nitrogens with zero attached hydrogens (tertiary/aromatic N) is 3. The quantitative estimate of drug-likeness (QED) is 0.810. The Morgan fingerprint density at radius 1 is 1.43 bits per heavy atom. The molecule has 0 aliphatic carbocycles. The molecule has 2 rings (SSSR count). The summed E-state index contributed by atoms with van der Waals surface area (Å²) in [5, 5.41) is 7.54. The van der Waals surface area contributed by atoms with Crippen molar-refractivity contribution in [3.8, 4) is 0 Å². The summed E-state index contributed by atoms with van der Waals surface area (Å²) in [5.41, 5.74) is 0. The molecule has 0 radical (unpaired) electrons. The fourth-order valence-corrected chi connectivity index (χ4v) is 3.99. The summed E-state index contributed by atoms with van der Waals surface area (Å²) in [6, 6.07) is 0.228. The Kier molecular flexibility index (Phi) is 6.16. The number of piperidine rings is 1. The molecule has 1 N–H and O–H groups in total. The average molecular weight is 344 g/mol. The lowest BCUT2D eigenvalue weighted by atomic mass is 9.90. The topological polar surface area (TPSA) is 88.3 Å². The fraction of sp³-hybridized carbons (Fsp3) is 0.867. The third-order valence-corrected chi connectivity index (χ3v) is 5.75. The molecule has 0 unspecified atom stereocenters. The van der Waals surface area contributed by atoms with Gasteiger partial charge in [0.15, 0.2) is 5.82 Å². The number of nitrogens with one attached hydrogen (secondary N) is 1. The maximum atomic E-state index is 11.7. The molecule has 0 saturated carbocycles. The minimum atomic E-state index is -3.11. The molecular weight excluding hydrogens is 316 g/mol. The molecule has 132 valence electrons. The van der Waals surface area contributed by atoms with E-state index < -0.39 is 10.0 Å². The number of hydrogen-bond donors (Lipinski definition) is 1.